The first-order valence-electron chi connectivity index (χ1n) is 36.8. The minimum Gasteiger partial charge on any atom is -0.466 e. The van der Waals surface area contributed by atoms with Crippen molar-refractivity contribution in [3.8, 4) is 0 Å². The average Bonchev–Trinajstić information content (AvgIpc) is 3.47. The summed E-state index contributed by atoms with van der Waals surface area (Å²) >= 11 is 0. The summed E-state index contributed by atoms with van der Waals surface area (Å²) in [5, 5.41) is 0. The molecule has 0 saturated carbocycles. The number of carbonyl (C=O) groups excluding carboxylic acids is 4. The first-order chi connectivity index (χ1) is 40.2. The van der Waals surface area contributed by atoms with Crippen LogP contribution < -0.4 is 0 Å². The lowest BCUT2D eigenvalue weighted by atomic mass is 10.2. The maximum absolute atomic E-state index is 9.82. The van der Waals surface area contributed by atoms with Crippen LogP contribution in [0.15, 0.2) is 0 Å². The predicted octanol–water partition coefficient (Wildman–Crippen LogP) is 28.1. The van der Waals surface area contributed by atoms with Crippen molar-refractivity contribution in [1.29, 1.82) is 0 Å². The zero-order chi connectivity index (χ0) is 68.3. The molecular formula is C76H172O8. The van der Waals surface area contributed by atoms with Crippen molar-refractivity contribution in [2.45, 2.75) is 451 Å². The van der Waals surface area contributed by atoms with Gasteiger partial charge in [-0.2, -0.15) is 0 Å². The lowest BCUT2D eigenvalue weighted by Crippen LogP contribution is -1.95. The molecule has 0 aromatic carbocycles. The van der Waals surface area contributed by atoms with E-state index in [1.807, 2.05) is 0 Å². The van der Waals surface area contributed by atoms with E-state index < -0.39 is 0 Å². The summed E-state index contributed by atoms with van der Waals surface area (Å²) in [5.41, 5.74) is 0. The number of rotatable bonds is 34. The Labute approximate surface area is 536 Å². The van der Waals surface area contributed by atoms with Crippen LogP contribution in [0.5, 0.6) is 0 Å². The number of esters is 4. The summed E-state index contributed by atoms with van der Waals surface area (Å²) in [4.78, 5) is 39.3. The summed E-state index contributed by atoms with van der Waals surface area (Å²) < 4.78 is 17.6. The van der Waals surface area contributed by atoms with Crippen LogP contribution >= 0.6 is 0 Å². The highest BCUT2D eigenvalue weighted by Crippen LogP contribution is 2.00. The maximum atomic E-state index is 9.82. The van der Waals surface area contributed by atoms with Gasteiger partial charge in [0.1, 0.15) is 0 Å². The molecule has 0 heterocycles. The van der Waals surface area contributed by atoms with Crippen LogP contribution in [0, 0.1) is 0 Å². The first kappa shape index (κ1) is 116. The van der Waals surface area contributed by atoms with Crippen LogP contribution in [-0.2, 0) is 38.1 Å². The van der Waals surface area contributed by atoms with Crippen LogP contribution in [0.2, 0.25) is 0 Å². The molecule has 84 heavy (non-hydrogen) atoms. The smallest absolute Gasteiger partial charge is 0.302 e. The van der Waals surface area contributed by atoms with Gasteiger partial charge < -0.3 is 18.9 Å². The zero-order valence-electron chi connectivity index (χ0n) is 64.4. The van der Waals surface area contributed by atoms with Gasteiger partial charge in [0.25, 0.3) is 0 Å². The highest BCUT2D eigenvalue weighted by Gasteiger charge is 1.85. The monoisotopic (exact) mass is 1210 g/mol. The first-order valence-corrected chi connectivity index (χ1v) is 36.8. The minimum atomic E-state index is -0.211. The van der Waals surface area contributed by atoms with Gasteiger partial charge in [0.05, 0.1) is 26.4 Å². The number of hydrogen-bond donors (Lipinski definition) is 0. The van der Waals surface area contributed by atoms with Crippen molar-refractivity contribution in [3.63, 3.8) is 0 Å². The molecule has 0 aromatic heterocycles. The fraction of sp³-hybridized carbons (Fsp3) is 0.947. The molecule has 0 N–H and O–H groups in total. The molecule has 0 aliphatic heterocycles. The summed E-state index contributed by atoms with van der Waals surface area (Å²) in [5.74, 6) is -0.843. The van der Waals surface area contributed by atoms with Crippen LogP contribution in [-0.4, -0.2) is 50.3 Å². The van der Waals surface area contributed by atoms with E-state index in [9.17, 15) is 19.2 Å². The van der Waals surface area contributed by atoms with E-state index in [1.54, 1.807) is 27.7 Å². The van der Waals surface area contributed by atoms with Gasteiger partial charge in [0.15, 0.2) is 0 Å². The van der Waals surface area contributed by atoms with Gasteiger partial charge in [-0.05, 0) is 27.7 Å². The molecule has 0 spiro atoms. The van der Waals surface area contributed by atoms with Crippen LogP contribution in [0.4, 0.5) is 0 Å². The van der Waals surface area contributed by atoms with E-state index in [0.717, 1.165) is 0 Å². The molecule has 0 bridgehead atoms. The Balaban J connectivity index is -0.0000000524. The summed E-state index contributed by atoms with van der Waals surface area (Å²) in [6.07, 6.45) is 55.4. The third-order valence-corrected chi connectivity index (χ3v) is 11.0. The second-order valence-corrected chi connectivity index (χ2v) is 20.8. The fourth-order valence-electron chi connectivity index (χ4n) is 5.81. The maximum Gasteiger partial charge on any atom is 0.302 e. The Hall–Kier alpha value is -2.12. The number of hydrogen-bond acceptors (Lipinski definition) is 8. The molecule has 0 unspecified atom stereocenters. The normalized spacial score (nSPS) is 8.62. The van der Waals surface area contributed by atoms with Gasteiger partial charge in [-0.1, -0.05) is 395 Å². The fourth-order valence-corrected chi connectivity index (χ4v) is 5.81. The zero-order valence-corrected chi connectivity index (χ0v) is 64.4. The Bertz CT molecular complexity index is 674. The molecule has 0 aliphatic rings. The van der Waals surface area contributed by atoms with Gasteiger partial charge in [-0.15, -0.1) is 0 Å². The molecule has 0 atom stereocenters. The highest BCUT2D eigenvalue weighted by atomic mass is 16.5. The van der Waals surface area contributed by atoms with Gasteiger partial charge in [-0.25, -0.2) is 0 Å². The Kier molecular flexibility index (Phi) is 213. The quantitative estimate of drug-likeness (QED) is 0.0356. The van der Waals surface area contributed by atoms with Crippen molar-refractivity contribution in [2.24, 2.45) is 0 Å². The Morgan fingerprint density at radius 3 is 0.226 bits per heavy atom. The van der Waals surface area contributed by atoms with Crippen molar-refractivity contribution in [3.05, 3.63) is 0 Å². The van der Waals surface area contributed by atoms with E-state index in [2.05, 4.69) is 157 Å². The van der Waals surface area contributed by atoms with Gasteiger partial charge in [0, 0.05) is 27.7 Å². The predicted molar refractivity (Wildman–Crippen MR) is 387 cm³/mol. The average molecular weight is 1210 g/mol. The summed E-state index contributed by atoms with van der Waals surface area (Å²) in [6.45, 7) is 59.2. The molecule has 0 fully saturated rings. The molecule has 0 amide bonds. The highest BCUT2D eigenvalue weighted by molar-refractivity contribution is 5.66. The second-order valence-electron chi connectivity index (χ2n) is 20.8. The SMILES string of the molecule is CCCCCC.CCCCCC.CCCCCC.CCCCCC.CCCCCC.CCCCCC.CCCCCC.CCCCCC.CCCCCC.CCCCCC.CCOC(C)=O.CCOC(C)=O.CCOC(C)=O.CCOC(C)=O. The lowest BCUT2D eigenvalue weighted by molar-refractivity contribution is -0.141. The van der Waals surface area contributed by atoms with E-state index in [1.165, 1.54) is 285 Å². The van der Waals surface area contributed by atoms with E-state index >= 15 is 0 Å². The summed E-state index contributed by atoms with van der Waals surface area (Å²) in [7, 11) is 0. The van der Waals surface area contributed by atoms with E-state index in [4.69, 9.17) is 0 Å². The van der Waals surface area contributed by atoms with E-state index in [-0.39, 0.29) is 23.9 Å². The van der Waals surface area contributed by atoms with Gasteiger partial charge in [-0.3, -0.25) is 19.2 Å². The molecule has 0 saturated heterocycles. The van der Waals surface area contributed by atoms with Crippen molar-refractivity contribution < 1.29 is 38.1 Å². The topological polar surface area (TPSA) is 105 Å². The molecule has 0 aromatic rings. The number of unbranched alkanes of at least 4 members (excludes halogenated alkanes) is 30. The molecule has 0 radical (unpaired) electrons. The second kappa shape index (κ2) is 154. The minimum absolute atomic E-state index is 0.211. The van der Waals surface area contributed by atoms with Gasteiger partial charge >= 0.3 is 23.9 Å². The number of ether oxygens (including phenoxy) is 4. The van der Waals surface area contributed by atoms with Crippen molar-refractivity contribution in [2.75, 3.05) is 26.4 Å². The molecule has 524 valence electrons. The van der Waals surface area contributed by atoms with E-state index in [0.29, 0.717) is 26.4 Å². The van der Waals surface area contributed by atoms with Gasteiger partial charge in [0.2, 0.25) is 0 Å². The lowest BCUT2D eigenvalue weighted by Gasteiger charge is -1.89. The third-order valence-electron chi connectivity index (χ3n) is 11.0. The molecule has 0 rings (SSSR count). The number of carbonyl (C=O) groups is 4. The molecule has 8 nitrogen and oxygen atoms in total. The summed E-state index contributed by atoms with van der Waals surface area (Å²) in [6, 6.07) is 0. The Morgan fingerprint density at radius 1 is 0.155 bits per heavy atom. The van der Waals surface area contributed by atoms with Crippen molar-refractivity contribution >= 4 is 23.9 Å². The van der Waals surface area contributed by atoms with Crippen LogP contribution in [0.1, 0.15) is 451 Å². The third kappa shape index (κ3) is 313. The largest absolute Gasteiger partial charge is 0.466 e. The molecular weight excluding hydrogens is 1040 g/mol. The standard InChI is InChI=1S/10C6H14.4C4H8O2/c10*1-3-5-6-4-2;4*1-3-6-4(2)5/h10*3-6H2,1-2H3;4*3H2,1-2H3. The van der Waals surface area contributed by atoms with Crippen LogP contribution in [0.25, 0.3) is 0 Å². The molecule has 8 heteroatoms. The van der Waals surface area contributed by atoms with Crippen molar-refractivity contribution in [1.82, 2.24) is 0 Å². The Morgan fingerprint density at radius 2 is 0.214 bits per heavy atom. The van der Waals surface area contributed by atoms with Crippen LogP contribution in [0.3, 0.4) is 0 Å². The molecule has 0 aliphatic carbocycles.